The number of fused-ring (bicyclic) bond motifs is 3. The van der Waals surface area contributed by atoms with Crippen LogP contribution in [0.4, 0.5) is 20.6 Å². The van der Waals surface area contributed by atoms with Gasteiger partial charge in [0.2, 0.25) is 5.91 Å². The van der Waals surface area contributed by atoms with Gasteiger partial charge in [-0.3, -0.25) is 9.69 Å². The first-order chi connectivity index (χ1) is 15.6. The number of urea groups is 1. The molecule has 3 aliphatic heterocycles. The smallest absolute Gasteiger partial charge is 0.326 e. The molecule has 7 nitrogen and oxygen atoms in total. The molecule has 0 radical (unpaired) electrons. The maximum Gasteiger partial charge on any atom is 0.326 e. The van der Waals surface area contributed by atoms with Gasteiger partial charge in [0.1, 0.15) is 5.82 Å². The van der Waals surface area contributed by atoms with Crippen LogP contribution in [0.1, 0.15) is 24.3 Å². The number of anilines is 2. The number of carbonyl (C=O) groups excluding carboxylic acids is 2. The summed E-state index contributed by atoms with van der Waals surface area (Å²) in [5.74, 6) is -0.666. The Labute approximate surface area is 185 Å². The molecule has 3 aliphatic rings. The largest absolute Gasteiger partial charge is 0.394 e. The molecule has 168 valence electrons. The summed E-state index contributed by atoms with van der Waals surface area (Å²) < 4.78 is 19.5. The summed E-state index contributed by atoms with van der Waals surface area (Å²) in [5.41, 5.74) is 1.75. The minimum Gasteiger partial charge on any atom is -0.394 e. The molecule has 3 atom stereocenters. The third kappa shape index (κ3) is 3.43. The van der Waals surface area contributed by atoms with Gasteiger partial charge in [-0.1, -0.05) is 30.3 Å². The monoisotopic (exact) mass is 439 g/mol. The van der Waals surface area contributed by atoms with E-state index in [4.69, 9.17) is 4.74 Å². The average molecular weight is 439 g/mol. The number of nitrogens with zero attached hydrogens (tertiary/aromatic N) is 2. The Kier molecular flexibility index (Phi) is 5.57. The van der Waals surface area contributed by atoms with E-state index >= 15 is 0 Å². The molecule has 0 spiro atoms. The van der Waals surface area contributed by atoms with E-state index in [-0.39, 0.29) is 48.7 Å². The Morgan fingerprint density at radius 3 is 2.56 bits per heavy atom. The van der Waals surface area contributed by atoms with Crippen LogP contribution in [-0.2, 0) is 9.53 Å². The topological polar surface area (TPSA) is 82.1 Å². The number of carbonyl (C=O) groups is 2. The van der Waals surface area contributed by atoms with Gasteiger partial charge in [0.15, 0.2) is 0 Å². The summed E-state index contributed by atoms with van der Waals surface area (Å²) in [6.45, 7) is 1.27. The highest BCUT2D eigenvalue weighted by atomic mass is 19.1. The van der Waals surface area contributed by atoms with Crippen LogP contribution >= 0.6 is 0 Å². The minimum absolute atomic E-state index is 0.0162. The zero-order chi connectivity index (χ0) is 22.2. The highest BCUT2D eigenvalue weighted by Gasteiger charge is 2.56. The number of halogens is 1. The first-order valence-corrected chi connectivity index (χ1v) is 11.0. The molecule has 0 saturated carbocycles. The number of para-hydroxylation sites is 2. The molecule has 2 fully saturated rings. The van der Waals surface area contributed by atoms with Gasteiger partial charge in [-0.2, -0.15) is 0 Å². The Balaban J connectivity index is 1.44. The third-order valence-corrected chi connectivity index (χ3v) is 6.87. The van der Waals surface area contributed by atoms with Crippen LogP contribution in [0.25, 0.3) is 0 Å². The van der Waals surface area contributed by atoms with Gasteiger partial charge in [-0.05, 0) is 36.6 Å². The van der Waals surface area contributed by atoms with Gasteiger partial charge < -0.3 is 20.1 Å². The van der Waals surface area contributed by atoms with Gasteiger partial charge >= 0.3 is 6.03 Å². The molecular weight excluding hydrogens is 413 g/mol. The summed E-state index contributed by atoms with van der Waals surface area (Å²) in [6, 6.07) is 12.6. The zero-order valence-electron chi connectivity index (χ0n) is 17.6. The second-order valence-corrected chi connectivity index (χ2v) is 8.55. The molecule has 0 bridgehead atoms. The van der Waals surface area contributed by atoms with Crippen LogP contribution in [0.2, 0.25) is 0 Å². The number of hydrogen-bond acceptors (Lipinski definition) is 4. The fraction of sp³-hybridized carbons (Fsp3) is 0.417. The maximum absolute atomic E-state index is 14.1. The average Bonchev–Trinajstić information content (AvgIpc) is 2.81. The van der Waals surface area contributed by atoms with Gasteiger partial charge in [0.25, 0.3) is 0 Å². The van der Waals surface area contributed by atoms with Crippen LogP contribution in [0, 0.1) is 11.7 Å². The number of hydrogen-bond donors (Lipinski definition) is 2. The van der Waals surface area contributed by atoms with Crippen molar-refractivity contribution in [3.8, 4) is 0 Å². The fourth-order valence-corrected chi connectivity index (χ4v) is 5.28. The molecule has 2 N–H and O–H groups in total. The lowest BCUT2D eigenvalue weighted by molar-refractivity contribution is -0.157. The summed E-state index contributed by atoms with van der Waals surface area (Å²) in [4.78, 5) is 29.8. The number of benzene rings is 2. The number of rotatable bonds is 3. The standard InChI is InChI=1S/C24H26FN3O4/c25-17-6-2-3-7-18(17)26-24(31)27-13-20-22(16-5-1-4-8-19(16)27)21(14-29)28(20)23(30)15-9-11-32-12-10-15/h1-8,15,20-22,29H,9-14H2,(H,26,31)/t20-,21-,22+/m1/s1. The second-order valence-electron chi connectivity index (χ2n) is 8.55. The number of aliphatic hydroxyl groups is 1. The molecule has 2 saturated heterocycles. The normalized spacial score (nSPS) is 24.9. The lowest BCUT2D eigenvalue weighted by Crippen LogP contribution is -2.71. The molecule has 0 aromatic heterocycles. The van der Waals surface area contributed by atoms with Gasteiger partial charge in [0.05, 0.1) is 24.4 Å². The maximum atomic E-state index is 14.1. The first kappa shape index (κ1) is 20.9. The number of likely N-dealkylation sites (tertiary alicyclic amines) is 1. The van der Waals surface area contributed by atoms with Crippen molar-refractivity contribution in [2.75, 3.05) is 36.6 Å². The van der Waals surface area contributed by atoms with Crippen molar-refractivity contribution >= 4 is 23.3 Å². The molecule has 5 rings (SSSR count). The molecule has 32 heavy (non-hydrogen) atoms. The number of nitrogens with one attached hydrogen (secondary N) is 1. The molecule has 3 heterocycles. The lowest BCUT2D eigenvalue weighted by Gasteiger charge is -2.59. The van der Waals surface area contributed by atoms with Gasteiger partial charge in [-0.25, -0.2) is 9.18 Å². The quantitative estimate of drug-likeness (QED) is 0.771. The molecule has 0 aliphatic carbocycles. The highest BCUT2D eigenvalue weighted by molar-refractivity contribution is 6.03. The minimum atomic E-state index is -0.510. The SMILES string of the molecule is O=C(Nc1ccccc1F)N1C[C@@H]2[C@H](c3ccccc31)[C@@H](CO)N2C(=O)C1CCOCC1. The number of aliphatic hydroxyl groups excluding tert-OH is 1. The van der Waals surface area contributed by atoms with Crippen LogP contribution in [0.3, 0.4) is 0 Å². The first-order valence-electron chi connectivity index (χ1n) is 11.0. The van der Waals surface area contributed by atoms with Crippen LogP contribution in [-0.4, -0.2) is 60.4 Å². The van der Waals surface area contributed by atoms with E-state index in [0.29, 0.717) is 26.1 Å². The number of amides is 3. The van der Waals surface area contributed by atoms with E-state index in [2.05, 4.69) is 5.32 Å². The Hall–Kier alpha value is -2.97. The molecule has 8 heteroatoms. The van der Waals surface area contributed by atoms with Crippen molar-refractivity contribution < 1.29 is 23.8 Å². The highest BCUT2D eigenvalue weighted by Crippen LogP contribution is 2.49. The fourth-order valence-electron chi connectivity index (χ4n) is 5.28. The van der Waals surface area contributed by atoms with Gasteiger partial charge in [-0.15, -0.1) is 0 Å². The van der Waals surface area contributed by atoms with Crippen molar-refractivity contribution in [2.45, 2.75) is 30.8 Å². The van der Waals surface area contributed by atoms with Crippen molar-refractivity contribution in [2.24, 2.45) is 5.92 Å². The molecule has 2 aromatic rings. The van der Waals surface area contributed by atoms with E-state index < -0.39 is 11.8 Å². The van der Waals surface area contributed by atoms with E-state index in [0.717, 1.165) is 11.3 Å². The van der Waals surface area contributed by atoms with Crippen molar-refractivity contribution in [3.63, 3.8) is 0 Å². The second kappa shape index (κ2) is 8.52. The van der Waals surface area contributed by atoms with Crippen LogP contribution in [0.5, 0.6) is 0 Å². The van der Waals surface area contributed by atoms with E-state index in [1.54, 1.807) is 21.9 Å². The van der Waals surface area contributed by atoms with Gasteiger partial charge in [0, 0.05) is 37.3 Å². The predicted octanol–water partition coefficient (Wildman–Crippen LogP) is 2.96. The Morgan fingerprint density at radius 2 is 1.81 bits per heavy atom. The Bertz CT molecular complexity index is 1030. The third-order valence-electron chi connectivity index (χ3n) is 6.87. The van der Waals surface area contributed by atoms with Crippen molar-refractivity contribution in [1.29, 1.82) is 0 Å². The van der Waals surface area contributed by atoms with E-state index in [9.17, 15) is 19.1 Å². The number of ether oxygens (including phenoxy) is 1. The van der Waals surface area contributed by atoms with Crippen molar-refractivity contribution in [3.05, 3.63) is 59.9 Å². The Morgan fingerprint density at radius 1 is 1.09 bits per heavy atom. The van der Waals surface area contributed by atoms with Crippen LogP contribution in [0.15, 0.2) is 48.5 Å². The molecule has 0 unspecified atom stereocenters. The van der Waals surface area contributed by atoms with Crippen LogP contribution < -0.4 is 10.2 Å². The zero-order valence-corrected chi connectivity index (χ0v) is 17.6. The summed E-state index contributed by atoms with van der Waals surface area (Å²) >= 11 is 0. The van der Waals surface area contributed by atoms with E-state index in [1.165, 1.54) is 12.1 Å². The summed E-state index contributed by atoms with van der Waals surface area (Å²) in [6.07, 6.45) is 1.33. The molecule has 3 amide bonds. The van der Waals surface area contributed by atoms with Crippen molar-refractivity contribution in [1.82, 2.24) is 4.90 Å². The molecular formula is C24H26FN3O4. The summed E-state index contributed by atoms with van der Waals surface area (Å²) in [5, 5.41) is 12.8. The molecule has 2 aromatic carbocycles. The van der Waals surface area contributed by atoms with E-state index in [1.807, 2.05) is 24.3 Å². The lowest BCUT2D eigenvalue weighted by atomic mass is 9.71. The predicted molar refractivity (Wildman–Crippen MR) is 117 cm³/mol. The summed E-state index contributed by atoms with van der Waals surface area (Å²) in [7, 11) is 0.